The monoisotopic (exact) mass is 333 g/mol. The number of benzene rings is 1. The van der Waals surface area contributed by atoms with Crippen molar-refractivity contribution in [1.82, 2.24) is 10.2 Å². The van der Waals surface area contributed by atoms with Gasteiger partial charge in [-0.2, -0.15) is 5.26 Å². The standard InChI is InChI=1S/C17H20FN3O3/c18-16-5-11(7-19)1-2-15(16)17(23)20-12-6-13-10-24-14(3-4-22)9-21(13)8-12/h1-2,5,12-14,22H,3-4,6,8-10H2,(H,20,23)/t12-,13+,14+/m1/s1. The maximum Gasteiger partial charge on any atom is 0.254 e. The van der Waals surface area contributed by atoms with Crippen LogP contribution in [0.4, 0.5) is 4.39 Å². The van der Waals surface area contributed by atoms with Gasteiger partial charge in [0.15, 0.2) is 0 Å². The molecule has 2 aliphatic heterocycles. The summed E-state index contributed by atoms with van der Waals surface area (Å²) >= 11 is 0. The normalized spacial score (nSPS) is 26.6. The maximum absolute atomic E-state index is 13.9. The zero-order valence-corrected chi connectivity index (χ0v) is 13.2. The second-order valence-electron chi connectivity index (χ2n) is 6.29. The first-order valence-corrected chi connectivity index (χ1v) is 8.07. The molecule has 7 heteroatoms. The van der Waals surface area contributed by atoms with Crippen LogP contribution in [-0.2, 0) is 4.74 Å². The number of carbonyl (C=O) groups excluding carboxylic acids is 1. The maximum atomic E-state index is 13.9. The molecule has 0 bridgehead atoms. The van der Waals surface area contributed by atoms with Crippen molar-refractivity contribution in [2.75, 3.05) is 26.3 Å². The number of nitrogens with one attached hydrogen (secondary N) is 1. The number of rotatable bonds is 4. The number of hydrogen-bond acceptors (Lipinski definition) is 5. The zero-order chi connectivity index (χ0) is 17.1. The number of fused-ring (bicyclic) bond motifs is 1. The van der Waals surface area contributed by atoms with Gasteiger partial charge in [0.1, 0.15) is 5.82 Å². The minimum atomic E-state index is -0.686. The molecule has 24 heavy (non-hydrogen) atoms. The average Bonchev–Trinajstić information content (AvgIpc) is 2.96. The molecule has 2 fully saturated rings. The Morgan fingerprint density at radius 1 is 1.50 bits per heavy atom. The smallest absolute Gasteiger partial charge is 0.254 e. The molecule has 0 radical (unpaired) electrons. The van der Waals surface area contributed by atoms with Gasteiger partial charge in [-0.3, -0.25) is 9.69 Å². The van der Waals surface area contributed by atoms with Gasteiger partial charge in [0.25, 0.3) is 5.91 Å². The van der Waals surface area contributed by atoms with E-state index in [1.54, 1.807) is 0 Å². The van der Waals surface area contributed by atoms with Gasteiger partial charge in [-0.15, -0.1) is 0 Å². The number of nitriles is 1. The summed E-state index contributed by atoms with van der Waals surface area (Å²) in [6.07, 6.45) is 1.39. The fourth-order valence-corrected chi connectivity index (χ4v) is 3.40. The van der Waals surface area contributed by atoms with E-state index in [1.807, 2.05) is 6.07 Å². The Morgan fingerprint density at radius 3 is 3.04 bits per heavy atom. The van der Waals surface area contributed by atoms with E-state index in [9.17, 15) is 9.18 Å². The largest absolute Gasteiger partial charge is 0.396 e. The lowest BCUT2D eigenvalue weighted by Gasteiger charge is -2.34. The quantitative estimate of drug-likeness (QED) is 0.845. The van der Waals surface area contributed by atoms with Gasteiger partial charge in [-0.1, -0.05) is 0 Å². The SMILES string of the molecule is N#Cc1ccc(C(=O)N[C@@H]2C[C@H]3CO[C@@H](CCO)CN3C2)c(F)c1. The number of morpholine rings is 1. The molecule has 2 heterocycles. The molecular weight excluding hydrogens is 313 g/mol. The molecular formula is C17H20FN3O3. The van der Waals surface area contributed by atoms with Crippen molar-refractivity contribution < 1.29 is 19.0 Å². The van der Waals surface area contributed by atoms with Crippen molar-refractivity contribution in [2.45, 2.75) is 31.0 Å². The topological polar surface area (TPSA) is 85.6 Å². The second-order valence-corrected chi connectivity index (χ2v) is 6.29. The van der Waals surface area contributed by atoms with E-state index in [-0.39, 0.29) is 35.9 Å². The van der Waals surface area contributed by atoms with Crippen molar-refractivity contribution in [3.63, 3.8) is 0 Å². The van der Waals surface area contributed by atoms with E-state index in [0.717, 1.165) is 19.0 Å². The van der Waals surface area contributed by atoms with Crippen molar-refractivity contribution in [1.29, 1.82) is 5.26 Å². The Labute approximate surface area is 139 Å². The summed E-state index contributed by atoms with van der Waals surface area (Å²) in [7, 11) is 0. The highest BCUT2D eigenvalue weighted by molar-refractivity contribution is 5.94. The van der Waals surface area contributed by atoms with Crippen LogP contribution in [0, 0.1) is 17.1 Å². The van der Waals surface area contributed by atoms with Crippen LogP contribution in [0.1, 0.15) is 28.8 Å². The Morgan fingerprint density at radius 2 is 2.33 bits per heavy atom. The van der Waals surface area contributed by atoms with Crippen LogP contribution in [0.3, 0.4) is 0 Å². The number of hydrogen-bond donors (Lipinski definition) is 2. The van der Waals surface area contributed by atoms with Gasteiger partial charge in [0.05, 0.1) is 29.9 Å². The van der Waals surface area contributed by atoms with Gasteiger partial charge in [-0.05, 0) is 31.0 Å². The number of aliphatic hydroxyl groups is 1. The first-order valence-electron chi connectivity index (χ1n) is 8.07. The lowest BCUT2D eigenvalue weighted by molar-refractivity contribution is -0.0566. The third-order valence-corrected chi connectivity index (χ3v) is 4.62. The molecule has 6 nitrogen and oxygen atoms in total. The molecule has 0 aromatic heterocycles. The molecule has 1 aromatic carbocycles. The lowest BCUT2D eigenvalue weighted by atomic mass is 10.1. The van der Waals surface area contributed by atoms with E-state index >= 15 is 0 Å². The van der Waals surface area contributed by atoms with E-state index in [1.165, 1.54) is 12.1 Å². The molecule has 1 aromatic rings. The second kappa shape index (κ2) is 7.26. The molecule has 0 spiro atoms. The third kappa shape index (κ3) is 3.56. The molecule has 128 valence electrons. The van der Waals surface area contributed by atoms with Crippen LogP contribution < -0.4 is 5.32 Å². The van der Waals surface area contributed by atoms with Gasteiger partial charge >= 0.3 is 0 Å². The molecule has 0 unspecified atom stereocenters. The first kappa shape index (κ1) is 16.8. The van der Waals surface area contributed by atoms with Crippen LogP contribution in [0.2, 0.25) is 0 Å². The molecule has 0 saturated carbocycles. The molecule has 3 rings (SSSR count). The third-order valence-electron chi connectivity index (χ3n) is 4.62. The number of amides is 1. The van der Waals surface area contributed by atoms with Gasteiger partial charge in [-0.25, -0.2) is 4.39 Å². The molecule has 3 atom stereocenters. The highest BCUT2D eigenvalue weighted by atomic mass is 19.1. The number of carbonyl (C=O) groups is 1. The van der Waals surface area contributed by atoms with E-state index in [4.69, 9.17) is 15.1 Å². The Hall–Kier alpha value is -2.01. The fraction of sp³-hybridized carbons (Fsp3) is 0.529. The number of ether oxygens (including phenoxy) is 1. The van der Waals surface area contributed by atoms with E-state index in [2.05, 4.69) is 10.2 Å². The van der Waals surface area contributed by atoms with Crippen LogP contribution >= 0.6 is 0 Å². The average molecular weight is 333 g/mol. The van der Waals surface area contributed by atoms with Gasteiger partial charge in [0, 0.05) is 31.8 Å². The summed E-state index contributed by atoms with van der Waals surface area (Å²) in [5.41, 5.74) is 0.141. The Kier molecular flexibility index (Phi) is 5.09. The minimum absolute atomic E-state index is 0.0247. The summed E-state index contributed by atoms with van der Waals surface area (Å²) in [5, 5.41) is 20.6. The first-order chi connectivity index (χ1) is 11.6. The zero-order valence-electron chi connectivity index (χ0n) is 13.2. The molecule has 2 saturated heterocycles. The molecule has 0 aliphatic carbocycles. The predicted molar refractivity (Wildman–Crippen MR) is 83.8 cm³/mol. The van der Waals surface area contributed by atoms with Gasteiger partial charge < -0.3 is 15.2 Å². The molecule has 2 N–H and O–H groups in total. The van der Waals surface area contributed by atoms with Crippen molar-refractivity contribution in [2.24, 2.45) is 0 Å². The van der Waals surface area contributed by atoms with Crippen LogP contribution in [0.15, 0.2) is 18.2 Å². The summed E-state index contributed by atoms with van der Waals surface area (Å²) < 4.78 is 19.6. The van der Waals surface area contributed by atoms with Crippen molar-refractivity contribution in [3.8, 4) is 6.07 Å². The van der Waals surface area contributed by atoms with Gasteiger partial charge in [0.2, 0.25) is 0 Å². The minimum Gasteiger partial charge on any atom is -0.396 e. The van der Waals surface area contributed by atoms with Crippen LogP contribution in [0.25, 0.3) is 0 Å². The van der Waals surface area contributed by atoms with Crippen LogP contribution in [0.5, 0.6) is 0 Å². The van der Waals surface area contributed by atoms with Crippen LogP contribution in [-0.4, -0.2) is 60.4 Å². The predicted octanol–water partition coefficient (Wildman–Crippen LogP) is 0.651. The number of aliphatic hydroxyl groups excluding tert-OH is 1. The van der Waals surface area contributed by atoms with Crippen molar-refractivity contribution >= 4 is 5.91 Å². The summed E-state index contributed by atoms with van der Waals surface area (Å²) in [6.45, 7) is 2.12. The summed E-state index contributed by atoms with van der Waals surface area (Å²) in [6, 6.07) is 5.87. The number of nitrogens with zero attached hydrogens (tertiary/aromatic N) is 2. The Balaban J connectivity index is 1.59. The lowest BCUT2D eigenvalue weighted by Crippen LogP contribution is -2.46. The van der Waals surface area contributed by atoms with E-state index in [0.29, 0.717) is 19.6 Å². The highest BCUT2D eigenvalue weighted by Crippen LogP contribution is 2.24. The van der Waals surface area contributed by atoms with E-state index < -0.39 is 11.7 Å². The Bertz CT molecular complexity index is 661. The number of halogens is 1. The fourth-order valence-electron chi connectivity index (χ4n) is 3.40. The van der Waals surface area contributed by atoms with Crippen molar-refractivity contribution in [3.05, 3.63) is 35.1 Å². The molecule has 1 amide bonds. The molecule has 2 aliphatic rings. The highest BCUT2D eigenvalue weighted by Gasteiger charge is 2.37. The summed E-state index contributed by atoms with van der Waals surface area (Å²) in [5.74, 6) is -1.15. The summed E-state index contributed by atoms with van der Waals surface area (Å²) in [4.78, 5) is 14.5.